The number of hydrogen-bond acceptors (Lipinski definition) is 7. The molecule has 10 heteroatoms. The molecule has 4 heterocycles. The number of unbranched alkanes of at least 4 members (excludes halogenated alkanes) is 2. The summed E-state index contributed by atoms with van der Waals surface area (Å²) in [6.07, 6.45) is 9.32. The minimum Gasteiger partial charge on any atom is -0.460 e. The summed E-state index contributed by atoms with van der Waals surface area (Å²) in [6.45, 7) is 8.37. The first-order valence-corrected chi connectivity index (χ1v) is 14.4. The van der Waals surface area contributed by atoms with E-state index in [0.29, 0.717) is 19.5 Å². The van der Waals surface area contributed by atoms with Gasteiger partial charge in [0.05, 0.1) is 31.2 Å². The number of nitrogens with zero attached hydrogens (tertiary/aromatic N) is 2. The van der Waals surface area contributed by atoms with Crippen LogP contribution in [0.15, 0.2) is 24.3 Å². The first-order valence-electron chi connectivity index (χ1n) is 14.4. The fraction of sp³-hybridized carbons (Fsp3) is 0.724. The summed E-state index contributed by atoms with van der Waals surface area (Å²) in [5.74, 6) is -3.45. The van der Waals surface area contributed by atoms with Crippen LogP contribution in [0, 0.1) is 17.8 Å². The molecule has 0 bridgehead atoms. The van der Waals surface area contributed by atoms with E-state index >= 15 is 0 Å². The van der Waals surface area contributed by atoms with Crippen molar-refractivity contribution in [3.05, 3.63) is 24.3 Å². The molecular weight excluding hydrogens is 502 g/mol. The number of carbonyl (C=O) groups excluding carboxylic acids is 4. The third kappa shape index (κ3) is 5.50. The first kappa shape index (κ1) is 29.3. The van der Waals surface area contributed by atoms with Gasteiger partial charge in [-0.3, -0.25) is 19.2 Å². The second kappa shape index (κ2) is 12.2. The third-order valence-electron chi connectivity index (χ3n) is 8.40. The monoisotopic (exact) mass is 545 g/mol. The number of likely N-dealkylation sites (tertiary alicyclic amines) is 1. The molecule has 7 atom stereocenters. The number of aliphatic hydroxyl groups excluding tert-OH is 1. The molecule has 4 aliphatic rings. The number of ether oxygens (including phenoxy) is 2. The highest BCUT2D eigenvalue weighted by molar-refractivity contribution is 5.99. The van der Waals surface area contributed by atoms with Crippen LogP contribution in [0.25, 0.3) is 0 Å². The number of aliphatic hydroxyl groups is 1. The number of hydrogen-bond donors (Lipinski definition) is 2. The minimum atomic E-state index is -1.38. The molecule has 10 nitrogen and oxygen atoms in total. The van der Waals surface area contributed by atoms with Gasteiger partial charge in [-0.05, 0) is 25.7 Å². The maximum absolute atomic E-state index is 14.3. The Morgan fingerprint density at radius 3 is 2.62 bits per heavy atom. The highest BCUT2D eigenvalue weighted by atomic mass is 16.6. The van der Waals surface area contributed by atoms with Gasteiger partial charge in [-0.25, -0.2) is 0 Å². The van der Waals surface area contributed by atoms with Crippen molar-refractivity contribution in [2.45, 2.75) is 89.7 Å². The van der Waals surface area contributed by atoms with E-state index < -0.39 is 47.7 Å². The number of cyclic esters (lactones) is 1. The average molecular weight is 546 g/mol. The van der Waals surface area contributed by atoms with E-state index in [1.165, 1.54) is 4.90 Å². The van der Waals surface area contributed by atoms with Crippen molar-refractivity contribution in [3.63, 3.8) is 0 Å². The molecule has 4 rings (SSSR count). The molecule has 216 valence electrons. The lowest BCUT2D eigenvalue weighted by molar-refractivity contribution is -0.160. The first-order chi connectivity index (χ1) is 18.7. The van der Waals surface area contributed by atoms with E-state index in [9.17, 15) is 24.3 Å². The topological polar surface area (TPSA) is 125 Å². The van der Waals surface area contributed by atoms with Crippen LogP contribution in [0.5, 0.6) is 0 Å². The smallest absolute Gasteiger partial charge is 0.313 e. The van der Waals surface area contributed by atoms with Crippen LogP contribution in [-0.2, 0) is 28.7 Å². The largest absolute Gasteiger partial charge is 0.460 e. The van der Waals surface area contributed by atoms with Crippen molar-refractivity contribution in [1.29, 1.82) is 0 Å². The molecule has 1 spiro atoms. The van der Waals surface area contributed by atoms with Crippen molar-refractivity contribution in [2.75, 3.05) is 26.2 Å². The quantitative estimate of drug-likeness (QED) is 0.283. The van der Waals surface area contributed by atoms with E-state index in [4.69, 9.17) is 9.47 Å². The van der Waals surface area contributed by atoms with E-state index in [-0.39, 0.29) is 43.2 Å². The van der Waals surface area contributed by atoms with Crippen molar-refractivity contribution in [3.8, 4) is 0 Å². The van der Waals surface area contributed by atoms with Gasteiger partial charge in [-0.2, -0.15) is 0 Å². The van der Waals surface area contributed by atoms with E-state index in [1.54, 1.807) is 30.1 Å². The number of carbonyl (C=O) groups is 4. The Morgan fingerprint density at radius 2 is 1.92 bits per heavy atom. The summed E-state index contributed by atoms with van der Waals surface area (Å²) in [6, 6.07) is -1.63. The van der Waals surface area contributed by atoms with Gasteiger partial charge in [0.1, 0.15) is 23.7 Å². The lowest BCUT2D eigenvalue weighted by Gasteiger charge is -2.39. The summed E-state index contributed by atoms with van der Waals surface area (Å²) in [5, 5.41) is 13.1. The van der Waals surface area contributed by atoms with E-state index in [2.05, 4.69) is 12.2 Å². The zero-order valence-corrected chi connectivity index (χ0v) is 23.5. The second-order valence-electron chi connectivity index (χ2n) is 11.5. The van der Waals surface area contributed by atoms with Crippen LogP contribution in [-0.4, -0.2) is 94.7 Å². The summed E-state index contributed by atoms with van der Waals surface area (Å²) in [7, 11) is 0. The van der Waals surface area contributed by atoms with Crippen molar-refractivity contribution >= 4 is 23.7 Å². The van der Waals surface area contributed by atoms with Gasteiger partial charge in [0.25, 0.3) is 0 Å². The molecule has 0 radical (unpaired) electrons. The lowest BCUT2D eigenvalue weighted by atomic mass is 9.78. The molecule has 0 saturated carbocycles. The molecule has 39 heavy (non-hydrogen) atoms. The summed E-state index contributed by atoms with van der Waals surface area (Å²) < 4.78 is 12.4. The van der Waals surface area contributed by atoms with Gasteiger partial charge in [0.2, 0.25) is 17.7 Å². The number of nitrogens with one attached hydrogen (secondary N) is 1. The lowest BCUT2D eigenvalue weighted by Crippen LogP contribution is -2.59. The van der Waals surface area contributed by atoms with Crippen LogP contribution in [0.2, 0.25) is 0 Å². The van der Waals surface area contributed by atoms with E-state index in [1.807, 2.05) is 19.9 Å². The fourth-order valence-electron chi connectivity index (χ4n) is 6.38. The standard InChI is InChI=1S/C29H43N3O7/c1-5-6-9-14-31-15-10-13-29-24(26(35)32(25(29)27(31)36)20(17-33)18(2)3)23-21(39-29)11-7-8-12-22(34)30-16-19(4)38-28(23)37/h7,10-11,13,18-21,23-25,33H,5-6,8-9,12,14-17H2,1-4H3,(H,30,34)/b11-7-/t19-,20-,21-,23+,24+,25-,29+/m0/s1. The molecule has 0 aromatic carbocycles. The van der Waals surface area contributed by atoms with Gasteiger partial charge in [-0.15, -0.1) is 0 Å². The predicted octanol–water partition coefficient (Wildman–Crippen LogP) is 1.57. The highest BCUT2D eigenvalue weighted by Crippen LogP contribution is 2.54. The van der Waals surface area contributed by atoms with E-state index in [0.717, 1.165) is 19.3 Å². The summed E-state index contributed by atoms with van der Waals surface area (Å²) in [5.41, 5.74) is -1.38. The van der Waals surface area contributed by atoms with Gasteiger partial charge < -0.3 is 29.7 Å². The molecule has 2 fully saturated rings. The third-order valence-corrected chi connectivity index (χ3v) is 8.40. The van der Waals surface area contributed by atoms with Crippen LogP contribution in [0.3, 0.4) is 0 Å². The molecule has 0 aromatic rings. The van der Waals surface area contributed by atoms with Crippen molar-refractivity contribution < 1.29 is 33.8 Å². The van der Waals surface area contributed by atoms with Crippen LogP contribution >= 0.6 is 0 Å². The zero-order valence-electron chi connectivity index (χ0n) is 23.5. The molecular formula is C29H43N3O7. The van der Waals surface area contributed by atoms with Crippen molar-refractivity contribution in [2.24, 2.45) is 17.8 Å². The van der Waals surface area contributed by atoms with Crippen LogP contribution in [0.4, 0.5) is 0 Å². The zero-order chi connectivity index (χ0) is 28.3. The number of fused-ring (bicyclic) bond motifs is 2. The number of allylic oxidation sites excluding steroid dienone is 1. The molecule has 2 N–H and O–H groups in total. The number of amides is 3. The molecule has 0 aromatic heterocycles. The Kier molecular flexibility index (Phi) is 9.16. The molecule has 0 aliphatic carbocycles. The SMILES string of the molecule is CCCCCN1CC=C[C@@]23O[C@H]4/C=C\CCC(=O)NC[C@H](C)OC(=O)[C@H]4[C@@H]2C(=O)N([C@@H](CO)C(C)C)[C@H]3C1=O. The predicted molar refractivity (Wildman–Crippen MR) is 143 cm³/mol. The highest BCUT2D eigenvalue weighted by Gasteiger charge is 2.72. The minimum absolute atomic E-state index is 0.133. The number of rotatable bonds is 7. The van der Waals surface area contributed by atoms with Crippen molar-refractivity contribution in [1.82, 2.24) is 15.1 Å². The Hall–Kier alpha value is -2.72. The van der Waals surface area contributed by atoms with Crippen LogP contribution < -0.4 is 5.32 Å². The molecule has 3 amide bonds. The summed E-state index contributed by atoms with van der Waals surface area (Å²) >= 11 is 0. The Balaban J connectivity index is 1.80. The van der Waals surface area contributed by atoms with Gasteiger partial charge >= 0.3 is 5.97 Å². The van der Waals surface area contributed by atoms with Crippen LogP contribution in [0.1, 0.15) is 59.8 Å². The Labute approximate surface area is 230 Å². The normalized spacial score (nSPS) is 34.9. The molecule has 0 unspecified atom stereocenters. The number of esters is 1. The fourth-order valence-corrected chi connectivity index (χ4v) is 6.38. The van der Waals surface area contributed by atoms with Gasteiger partial charge in [0.15, 0.2) is 0 Å². The molecule has 2 saturated heterocycles. The average Bonchev–Trinajstić information content (AvgIpc) is 3.27. The maximum Gasteiger partial charge on any atom is 0.313 e. The van der Waals surface area contributed by atoms with Gasteiger partial charge in [-0.1, -0.05) is 57.9 Å². The maximum atomic E-state index is 14.3. The van der Waals surface area contributed by atoms with Gasteiger partial charge in [0, 0.05) is 19.5 Å². The Bertz CT molecular complexity index is 1010. The Morgan fingerprint density at radius 1 is 1.15 bits per heavy atom. The second-order valence-corrected chi connectivity index (χ2v) is 11.5. The molecule has 4 aliphatic heterocycles. The summed E-state index contributed by atoms with van der Waals surface area (Å²) in [4.78, 5) is 57.5.